The van der Waals surface area contributed by atoms with Gasteiger partial charge in [-0.25, -0.2) is 0 Å². The van der Waals surface area contributed by atoms with Crippen molar-refractivity contribution in [2.45, 2.75) is 20.0 Å². The lowest BCUT2D eigenvalue weighted by atomic mass is 10.2. The Balaban J connectivity index is 1.63. The first-order valence-corrected chi connectivity index (χ1v) is 7.67. The first-order chi connectivity index (χ1) is 11.7. The molecule has 2 aromatic heterocycles. The summed E-state index contributed by atoms with van der Waals surface area (Å²) in [6, 6.07) is 6.95. The number of carbonyl (C=O) groups is 1. The van der Waals surface area contributed by atoms with Gasteiger partial charge in [-0.2, -0.15) is 10.2 Å². The number of carbonyl (C=O) groups excluding carboxylic acids is 1. The SMILES string of the molecule is CCn1cc(Cn2cc(NC(=O)c3ccc(OC)cc3)cn2)cn1. The average Bonchev–Trinajstić information content (AvgIpc) is 3.24. The quantitative estimate of drug-likeness (QED) is 0.755. The van der Waals surface area contributed by atoms with E-state index in [1.165, 1.54) is 0 Å². The minimum atomic E-state index is -0.184. The third kappa shape index (κ3) is 3.62. The molecule has 1 aromatic carbocycles. The molecule has 0 fully saturated rings. The van der Waals surface area contributed by atoms with Crippen LogP contribution in [0.3, 0.4) is 0 Å². The number of amides is 1. The number of rotatable bonds is 6. The van der Waals surface area contributed by atoms with Crippen LogP contribution in [0.25, 0.3) is 0 Å². The Hall–Kier alpha value is -3.09. The molecule has 0 aliphatic rings. The number of hydrogen-bond donors (Lipinski definition) is 1. The van der Waals surface area contributed by atoms with E-state index in [-0.39, 0.29) is 5.91 Å². The third-order valence-corrected chi connectivity index (χ3v) is 3.60. The van der Waals surface area contributed by atoms with Crippen molar-refractivity contribution in [3.8, 4) is 5.75 Å². The molecular weight excluding hydrogens is 306 g/mol. The smallest absolute Gasteiger partial charge is 0.255 e. The number of anilines is 1. The molecule has 24 heavy (non-hydrogen) atoms. The van der Waals surface area contributed by atoms with Gasteiger partial charge in [0.25, 0.3) is 5.91 Å². The first-order valence-electron chi connectivity index (χ1n) is 7.67. The van der Waals surface area contributed by atoms with Gasteiger partial charge in [0.2, 0.25) is 0 Å². The molecule has 0 radical (unpaired) electrons. The van der Waals surface area contributed by atoms with E-state index in [1.807, 2.05) is 24.0 Å². The molecule has 0 saturated heterocycles. The normalized spacial score (nSPS) is 10.6. The Morgan fingerprint density at radius 2 is 1.88 bits per heavy atom. The zero-order valence-electron chi connectivity index (χ0n) is 13.6. The number of nitrogens with one attached hydrogen (secondary N) is 1. The molecule has 7 nitrogen and oxygen atoms in total. The molecule has 3 aromatic rings. The Morgan fingerprint density at radius 1 is 1.12 bits per heavy atom. The molecule has 1 N–H and O–H groups in total. The fourth-order valence-electron chi connectivity index (χ4n) is 2.31. The maximum Gasteiger partial charge on any atom is 0.255 e. The van der Waals surface area contributed by atoms with E-state index in [2.05, 4.69) is 15.5 Å². The molecule has 0 bridgehead atoms. The predicted molar refractivity (Wildman–Crippen MR) is 90.2 cm³/mol. The number of benzene rings is 1. The fraction of sp³-hybridized carbons (Fsp3) is 0.235. The van der Waals surface area contributed by atoms with Crippen LogP contribution in [-0.4, -0.2) is 32.6 Å². The second-order valence-corrected chi connectivity index (χ2v) is 5.31. The molecule has 2 heterocycles. The van der Waals surface area contributed by atoms with Crippen molar-refractivity contribution in [1.29, 1.82) is 0 Å². The zero-order valence-corrected chi connectivity index (χ0v) is 13.6. The third-order valence-electron chi connectivity index (χ3n) is 3.60. The lowest BCUT2D eigenvalue weighted by molar-refractivity contribution is 0.102. The van der Waals surface area contributed by atoms with Gasteiger partial charge in [-0.1, -0.05) is 0 Å². The minimum Gasteiger partial charge on any atom is -0.497 e. The molecule has 0 saturated carbocycles. The van der Waals surface area contributed by atoms with Gasteiger partial charge in [-0.05, 0) is 31.2 Å². The molecule has 0 atom stereocenters. The van der Waals surface area contributed by atoms with Gasteiger partial charge in [-0.3, -0.25) is 14.2 Å². The maximum absolute atomic E-state index is 12.2. The van der Waals surface area contributed by atoms with Gasteiger partial charge in [0.1, 0.15) is 5.75 Å². The van der Waals surface area contributed by atoms with Gasteiger partial charge in [0, 0.05) is 30.1 Å². The van der Waals surface area contributed by atoms with Gasteiger partial charge in [0.15, 0.2) is 0 Å². The van der Waals surface area contributed by atoms with E-state index in [0.717, 1.165) is 12.1 Å². The van der Waals surface area contributed by atoms with Crippen molar-refractivity contribution < 1.29 is 9.53 Å². The summed E-state index contributed by atoms with van der Waals surface area (Å²) in [5.74, 6) is 0.531. The molecule has 0 unspecified atom stereocenters. The van der Waals surface area contributed by atoms with E-state index in [4.69, 9.17) is 4.74 Å². The standard InChI is InChI=1S/C17H19N5O2/c1-3-21-10-13(8-18-21)11-22-12-15(9-19-22)20-17(23)14-4-6-16(24-2)7-5-14/h4-10,12H,3,11H2,1-2H3,(H,20,23). The van der Waals surface area contributed by atoms with E-state index < -0.39 is 0 Å². The molecular formula is C17H19N5O2. The summed E-state index contributed by atoms with van der Waals surface area (Å²) in [6.07, 6.45) is 7.23. The highest BCUT2D eigenvalue weighted by atomic mass is 16.5. The molecule has 7 heteroatoms. The van der Waals surface area contributed by atoms with Gasteiger partial charge in [0.05, 0.1) is 31.7 Å². The van der Waals surface area contributed by atoms with Crippen molar-refractivity contribution in [3.63, 3.8) is 0 Å². The molecule has 1 amide bonds. The van der Waals surface area contributed by atoms with Gasteiger partial charge < -0.3 is 10.1 Å². The number of nitrogens with zero attached hydrogens (tertiary/aromatic N) is 4. The van der Waals surface area contributed by atoms with Gasteiger partial charge >= 0.3 is 0 Å². The van der Waals surface area contributed by atoms with Crippen LogP contribution in [0.2, 0.25) is 0 Å². The van der Waals surface area contributed by atoms with Crippen LogP contribution in [0.15, 0.2) is 49.1 Å². The molecule has 0 aliphatic carbocycles. The second-order valence-electron chi connectivity index (χ2n) is 5.31. The molecule has 0 aliphatic heterocycles. The second kappa shape index (κ2) is 6.99. The zero-order chi connectivity index (χ0) is 16.9. The fourth-order valence-corrected chi connectivity index (χ4v) is 2.31. The van der Waals surface area contributed by atoms with E-state index >= 15 is 0 Å². The lowest BCUT2D eigenvalue weighted by Gasteiger charge is -2.04. The summed E-state index contributed by atoms with van der Waals surface area (Å²) >= 11 is 0. The van der Waals surface area contributed by atoms with Crippen LogP contribution < -0.4 is 10.1 Å². The summed E-state index contributed by atoms with van der Waals surface area (Å²) < 4.78 is 8.72. The van der Waals surface area contributed by atoms with Crippen LogP contribution in [0.1, 0.15) is 22.8 Å². The molecule has 124 valence electrons. The monoisotopic (exact) mass is 325 g/mol. The van der Waals surface area contributed by atoms with Crippen molar-refractivity contribution in [3.05, 3.63) is 60.2 Å². The summed E-state index contributed by atoms with van der Waals surface area (Å²) in [4.78, 5) is 12.2. The highest BCUT2D eigenvalue weighted by Crippen LogP contribution is 2.14. The maximum atomic E-state index is 12.2. The number of methoxy groups -OCH3 is 1. The summed E-state index contributed by atoms with van der Waals surface area (Å²) in [5.41, 5.74) is 2.28. The Kier molecular flexibility index (Phi) is 4.60. The van der Waals surface area contributed by atoms with Gasteiger partial charge in [-0.15, -0.1) is 0 Å². The van der Waals surface area contributed by atoms with E-state index in [0.29, 0.717) is 23.5 Å². The van der Waals surface area contributed by atoms with Crippen molar-refractivity contribution in [1.82, 2.24) is 19.6 Å². The van der Waals surface area contributed by atoms with Crippen LogP contribution >= 0.6 is 0 Å². The number of aromatic nitrogens is 4. The van der Waals surface area contributed by atoms with Crippen molar-refractivity contribution >= 4 is 11.6 Å². The number of hydrogen-bond acceptors (Lipinski definition) is 4. The lowest BCUT2D eigenvalue weighted by Crippen LogP contribution is -2.11. The van der Waals surface area contributed by atoms with Crippen LogP contribution in [0.5, 0.6) is 5.75 Å². The Morgan fingerprint density at radius 3 is 2.54 bits per heavy atom. The van der Waals surface area contributed by atoms with Crippen molar-refractivity contribution in [2.75, 3.05) is 12.4 Å². The topological polar surface area (TPSA) is 74.0 Å². The van der Waals surface area contributed by atoms with Crippen LogP contribution in [0, 0.1) is 0 Å². The Bertz CT molecular complexity index is 820. The van der Waals surface area contributed by atoms with Crippen molar-refractivity contribution in [2.24, 2.45) is 0 Å². The minimum absolute atomic E-state index is 0.184. The summed E-state index contributed by atoms with van der Waals surface area (Å²) in [7, 11) is 1.59. The predicted octanol–water partition coefficient (Wildman–Crippen LogP) is 2.41. The summed E-state index contributed by atoms with van der Waals surface area (Å²) in [6.45, 7) is 3.48. The Labute approximate surface area is 139 Å². The first kappa shape index (κ1) is 15.8. The average molecular weight is 325 g/mol. The van der Waals surface area contributed by atoms with Crippen LogP contribution in [-0.2, 0) is 13.1 Å². The van der Waals surface area contributed by atoms with Crippen LogP contribution in [0.4, 0.5) is 5.69 Å². The highest BCUT2D eigenvalue weighted by molar-refractivity contribution is 6.04. The molecule has 0 spiro atoms. The van der Waals surface area contributed by atoms with E-state index in [1.54, 1.807) is 48.5 Å². The molecule has 3 rings (SSSR count). The summed E-state index contributed by atoms with van der Waals surface area (Å²) in [5, 5.41) is 11.3. The number of aryl methyl sites for hydroxylation is 1. The highest BCUT2D eigenvalue weighted by Gasteiger charge is 2.08. The van der Waals surface area contributed by atoms with E-state index in [9.17, 15) is 4.79 Å². The number of ether oxygens (including phenoxy) is 1. The largest absolute Gasteiger partial charge is 0.497 e.